The molecule has 2 nitrogen and oxygen atoms in total. The van der Waals surface area contributed by atoms with Crippen molar-refractivity contribution in [3.63, 3.8) is 0 Å². The molecule has 2 aromatic carbocycles. The Morgan fingerprint density at radius 2 is 1.74 bits per heavy atom. The second-order valence-corrected chi connectivity index (χ2v) is 4.56. The largest absolute Gasteiger partial charge is 0.381 e. The van der Waals surface area contributed by atoms with Gasteiger partial charge in [0.2, 0.25) is 0 Å². The minimum atomic E-state index is -0.219. The smallest absolute Gasteiger partial charge is 0.125 e. The predicted molar refractivity (Wildman–Crippen MR) is 75.6 cm³/mol. The highest BCUT2D eigenvalue weighted by atomic mass is 19.1. The van der Waals surface area contributed by atoms with Gasteiger partial charge in [0.1, 0.15) is 5.82 Å². The summed E-state index contributed by atoms with van der Waals surface area (Å²) in [5.41, 5.74) is 4.18. The molecule has 0 aliphatic heterocycles. The van der Waals surface area contributed by atoms with E-state index in [1.807, 2.05) is 19.1 Å². The van der Waals surface area contributed by atoms with Crippen molar-refractivity contribution in [2.45, 2.75) is 20.1 Å². The molecule has 3 heteroatoms. The third kappa shape index (κ3) is 3.80. The quantitative estimate of drug-likeness (QED) is 0.879. The number of hydrogen-bond donors (Lipinski definition) is 1. The molecule has 0 amide bonds. The molecule has 0 unspecified atom stereocenters. The Balaban J connectivity index is 2.00. The maximum absolute atomic E-state index is 13.2. The Hall–Kier alpha value is -1.87. The molecular weight excluding hydrogens is 241 g/mol. The highest BCUT2D eigenvalue weighted by Crippen LogP contribution is 2.17. The maximum Gasteiger partial charge on any atom is 0.125 e. The Kier molecular flexibility index (Phi) is 4.53. The molecule has 2 rings (SSSR count). The Bertz CT molecular complexity index is 537. The SMILES string of the molecule is COCc1ccc(CNc2cc(F)ccc2C)cc1. The average molecular weight is 259 g/mol. The number of benzene rings is 2. The van der Waals surface area contributed by atoms with Gasteiger partial charge in [-0.25, -0.2) is 4.39 Å². The van der Waals surface area contributed by atoms with Crippen molar-refractivity contribution in [2.75, 3.05) is 12.4 Å². The molecule has 0 atom stereocenters. The Morgan fingerprint density at radius 1 is 1.05 bits per heavy atom. The molecule has 2 aromatic rings. The summed E-state index contributed by atoms with van der Waals surface area (Å²) in [4.78, 5) is 0. The van der Waals surface area contributed by atoms with Crippen molar-refractivity contribution in [2.24, 2.45) is 0 Å². The van der Waals surface area contributed by atoms with Crippen LogP contribution in [0.3, 0.4) is 0 Å². The summed E-state index contributed by atoms with van der Waals surface area (Å²) in [5.74, 6) is -0.219. The van der Waals surface area contributed by atoms with Gasteiger partial charge in [0.05, 0.1) is 6.61 Å². The van der Waals surface area contributed by atoms with Crippen LogP contribution in [0.5, 0.6) is 0 Å². The second-order valence-electron chi connectivity index (χ2n) is 4.56. The lowest BCUT2D eigenvalue weighted by Gasteiger charge is -2.10. The number of hydrogen-bond acceptors (Lipinski definition) is 2. The van der Waals surface area contributed by atoms with Crippen LogP contribution in [-0.2, 0) is 17.9 Å². The molecule has 0 aromatic heterocycles. The lowest BCUT2D eigenvalue weighted by Crippen LogP contribution is -2.01. The van der Waals surface area contributed by atoms with Crippen LogP contribution in [0.1, 0.15) is 16.7 Å². The zero-order valence-electron chi connectivity index (χ0n) is 11.2. The number of rotatable bonds is 5. The van der Waals surface area contributed by atoms with Crippen molar-refractivity contribution in [1.29, 1.82) is 0 Å². The first-order valence-corrected chi connectivity index (χ1v) is 6.26. The second kappa shape index (κ2) is 6.34. The van der Waals surface area contributed by atoms with Gasteiger partial charge in [-0.1, -0.05) is 30.3 Å². The van der Waals surface area contributed by atoms with Crippen LogP contribution in [0.25, 0.3) is 0 Å². The summed E-state index contributed by atoms with van der Waals surface area (Å²) in [7, 11) is 1.68. The normalized spacial score (nSPS) is 10.5. The van der Waals surface area contributed by atoms with E-state index in [2.05, 4.69) is 17.4 Å². The number of ether oxygens (including phenoxy) is 1. The van der Waals surface area contributed by atoms with Crippen molar-refractivity contribution in [3.8, 4) is 0 Å². The van der Waals surface area contributed by atoms with E-state index < -0.39 is 0 Å². The van der Waals surface area contributed by atoms with Crippen LogP contribution < -0.4 is 5.32 Å². The summed E-state index contributed by atoms with van der Waals surface area (Å²) < 4.78 is 18.2. The number of methoxy groups -OCH3 is 1. The Morgan fingerprint density at radius 3 is 2.42 bits per heavy atom. The molecule has 19 heavy (non-hydrogen) atoms. The number of halogens is 1. The lowest BCUT2D eigenvalue weighted by molar-refractivity contribution is 0.185. The molecule has 0 saturated heterocycles. The predicted octanol–water partition coefficient (Wildman–Crippen LogP) is 3.89. The molecule has 0 aliphatic rings. The van der Waals surface area contributed by atoms with Crippen LogP contribution in [0.4, 0.5) is 10.1 Å². The van der Waals surface area contributed by atoms with Crippen LogP contribution >= 0.6 is 0 Å². The summed E-state index contributed by atoms with van der Waals surface area (Å²) in [5, 5.41) is 3.25. The van der Waals surface area contributed by atoms with E-state index in [4.69, 9.17) is 4.74 Å². The van der Waals surface area contributed by atoms with Gasteiger partial charge in [-0.05, 0) is 35.7 Å². The van der Waals surface area contributed by atoms with Gasteiger partial charge < -0.3 is 10.1 Å². The van der Waals surface area contributed by atoms with Gasteiger partial charge in [-0.3, -0.25) is 0 Å². The summed E-state index contributed by atoms with van der Waals surface area (Å²) >= 11 is 0. The molecule has 0 fully saturated rings. The van der Waals surface area contributed by atoms with E-state index in [0.29, 0.717) is 13.2 Å². The first kappa shape index (κ1) is 13.6. The summed E-state index contributed by atoms with van der Waals surface area (Å²) in [6, 6.07) is 13.0. The molecule has 0 heterocycles. The van der Waals surface area contributed by atoms with Gasteiger partial charge in [-0.2, -0.15) is 0 Å². The van der Waals surface area contributed by atoms with E-state index in [1.165, 1.54) is 12.1 Å². The minimum absolute atomic E-state index is 0.219. The third-order valence-corrected chi connectivity index (χ3v) is 3.02. The standard InChI is InChI=1S/C16H18FNO/c1-12-3-8-15(17)9-16(12)18-10-13-4-6-14(7-5-13)11-19-2/h3-9,18H,10-11H2,1-2H3. The summed E-state index contributed by atoms with van der Waals surface area (Å²) in [6.45, 7) is 3.26. The zero-order valence-corrected chi connectivity index (χ0v) is 11.2. The van der Waals surface area contributed by atoms with E-state index in [0.717, 1.165) is 22.4 Å². The minimum Gasteiger partial charge on any atom is -0.381 e. The number of anilines is 1. The first-order valence-electron chi connectivity index (χ1n) is 6.26. The van der Waals surface area contributed by atoms with Crippen molar-refractivity contribution in [3.05, 3.63) is 65.0 Å². The Labute approximate surface area is 113 Å². The fourth-order valence-electron chi connectivity index (χ4n) is 1.90. The lowest BCUT2D eigenvalue weighted by atomic mass is 10.1. The molecule has 100 valence electrons. The van der Waals surface area contributed by atoms with E-state index >= 15 is 0 Å². The summed E-state index contributed by atoms with van der Waals surface area (Å²) in [6.07, 6.45) is 0. The number of nitrogens with one attached hydrogen (secondary N) is 1. The van der Waals surface area contributed by atoms with Crippen molar-refractivity contribution < 1.29 is 9.13 Å². The monoisotopic (exact) mass is 259 g/mol. The van der Waals surface area contributed by atoms with Gasteiger partial charge in [0, 0.05) is 19.3 Å². The van der Waals surface area contributed by atoms with Crippen molar-refractivity contribution in [1.82, 2.24) is 0 Å². The molecule has 0 saturated carbocycles. The number of aryl methyl sites for hydroxylation is 1. The molecule has 0 spiro atoms. The van der Waals surface area contributed by atoms with Crippen molar-refractivity contribution >= 4 is 5.69 Å². The van der Waals surface area contributed by atoms with Gasteiger partial charge >= 0.3 is 0 Å². The molecule has 0 bridgehead atoms. The average Bonchev–Trinajstić information content (AvgIpc) is 2.42. The van der Waals surface area contributed by atoms with Gasteiger partial charge in [-0.15, -0.1) is 0 Å². The fourth-order valence-corrected chi connectivity index (χ4v) is 1.90. The van der Waals surface area contributed by atoms with Crippen LogP contribution in [0, 0.1) is 12.7 Å². The van der Waals surface area contributed by atoms with Crippen LogP contribution in [0.2, 0.25) is 0 Å². The van der Waals surface area contributed by atoms with E-state index in [1.54, 1.807) is 13.2 Å². The third-order valence-electron chi connectivity index (χ3n) is 3.02. The van der Waals surface area contributed by atoms with E-state index in [-0.39, 0.29) is 5.82 Å². The highest BCUT2D eigenvalue weighted by molar-refractivity contribution is 5.51. The van der Waals surface area contributed by atoms with Gasteiger partial charge in [0.15, 0.2) is 0 Å². The van der Waals surface area contributed by atoms with E-state index in [9.17, 15) is 4.39 Å². The molecular formula is C16H18FNO. The first-order chi connectivity index (χ1) is 9.19. The zero-order chi connectivity index (χ0) is 13.7. The maximum atomic E-state index is 13.2. The van der Waals surface area contributed by atoms with Crippen LogP contribution in [-0.4, -0.2) is 7.11 Å². The fraction of sp³-hybridized carbons (Fsp3) is 0.250. The molecule has 1 N–H and O–H groups in total. The highest BCUT2D eigenvalue weighted by Gasteiger charge is 2.00. The molecule has 0 radical (unpaired) electrons. The topological polar surface area (TPSA) is 21.3 Å². The molecule has 0 aliphatic carbocycles. The van der Waals surface area contributed by atoms with Crippen LogP contribution in [0.15, 0.2) is 42.5 Å². The van der Waals surface area contributed by atoms with Gasteiger partial charge in [0.25, 0.3) is 0 Å².